The van der Waals surface area contributed by atoms with Crippen molar-refractivity contribution in [2.75, 3.05) is 37.7 Å². The second-order valence-electron chi connectivity index (χ2n) is 4.55. The summed E-state index contributed by atoms with van der Waals surface area (Å²) in [4.78, 5) is 0. The van der Waals surface area contributed by atoms with Gasteiger partial charge in [-0.1, -0.05) is 12.1 Å². The molecule has 0 aliphatic rings. The number of nitrogens with one attached hydrogen (secondary N) is 1. The molecule has 1 aromatic rings. The first kappa shape index (κ1) is 17.1. The van der Waals surface area contributed by atoms with E-state index in [4.69, 9.17) is 4.74 Å². The van der Waals surface area contributed by atoms with Gasteiger partial charge in [0, 0.05) is 34.6 Å². The summed E-state index contributed by atoms with van der Waals surface area (Å²) in [5, 5.41) is 3.10. The monoisotopic (exact) mass is 319 g/mol. The Hall–Kier alpha value is -0.920. The van der Waals surface area contributed by atoms with Gasteiger partial charge in [0.1, 0.15) is 15.6 Å². The largest absolute Gasteiger partial charge is 0.497 e. The highest BCUT2D eigenvalue weighted by atomic mass is 32.2. The summed E-state index contributed by atoms with van der Waals surface area (Å²) in [6, 6.07) is 7.45. The van der Waals surface area contributed by atoms with Crippen molar-refractivity contribution in [3.05, 3.63) is 29.8 Å². The number of ether oxygens (including phenoxy) is 1. The fourth-order valence-corrected chi connectivity index (χ4v) is 4.55. The van der Waals surface area contributed by atoms with Gasteiger partial charge in [-0.2, -0.15) is 0 Å². The third-order valence-electron chi connectivity index (χ3n) is 2.90. The summed E-state index contributed by atoms with van der Waals surface area (Å²) in [6.07, 6.45) is 1.16. The molecule has 0 saturated carbocycles. The maximum absolute atomic E-state index is 11.9. The Morgan fingerprint density at radius 2 is 1.90 bits per heavy atom. The highest BCUT2D eigenvalue weighted by Crippen LogP contribution is 2.18. The third-order valence-corrected chi connectivity index (χ3v) is 5.47. The molecule has 1 rings (SSSR count). The smallest absolute Gasteiger partial charge is 0.148 e. The summed E-state index contributed by atoms with van der Waals surface area (Å²) in [5.41, 5.74) is 1.00. The quantitative estimate of drug-likeness (QED) is 0.765. The Labute approximate surface area is 123 Å². The van der Waals surface area contributed by atoms with Crippen LogP contribution in [0.4, 0.5) is 0 Å². The van der Waals surface area contributed by atoms with Crippen LogP contribution >= 0.6 is 0 Å². The number of benzene rings is 1. The van der Waals surface area contributed by atoms with E-state index in [1.165, 1.54) is 0 Å². The number of hydrogen-bond acceptors (Lipinski definition) is 5. The second kappa shape index (κ2) is 7.75. The van der Waals surface area contributed by atoms with Crippen molar-refractivity contribution >= 4 is 20.6 Å². The van der Waals surface area contributed by atoms with Crippen LogP contribution in [0.3, 0.4) is 0 Å². The van der Waals surface area contributed by atoms with Gasteiger partial charge in [-0.15, -0.1) is 0 Å². The Kier molecular flexibility index (Phi) is 6.64. The van der Waals surface area contributed by atoms with Gasteiger partial charge in [0.15, 0.2) is 0 Å². The van der Waals surface area contributed by atoms with Crippen LogP contribution in [0.1, 0.15) is 11.6 Å². The predicted molar refractivity (Wildman–Crippen MR) is 82.4 cm³/mol. The normalized spacial score (nSPS) is 14.8. The van der Waals surface area contributed by atoms with Gasteiger partial charge in [-0.05, 0) is 24.7 Å². The molecule has 1 N–H and O–H groups in total. The van der Waals surface area contributed by atoms with Gasteiger partial charge in [0.25, 0.3) is 0 Å². The zero-order valence-electron chi connectivity index (χ0n) is 12.0. The molecule has 0 aromatic heterocycles. The number of methoxy groups -OCH3 is 1. The molecule has 1 aromatic carbocycles. The molecule has 0 radical (unpaired) electrons. The second-order valence-corrected chi connectivity index (χ2v) is 8.44. The molecule has 5 nitrogen and oxygen atoms in total. The minimum Gasteiger partial charge on any atom is -0.497 e. The lowest BCUT2D eigenvalue weighted by atomic mass is 10.1. The molecule has 0 amide bonds. The number of hydrogen-bond donors (Lipinski definition) is 1. The SMILES string of the molecule is CNC(CS(=O)CCS(C)(=O)=O)c1ccc(OC)cc1. The standard InChI is InChI=1S/C13H21NO4S2/c1-14-13(10-19(15)8-9-20(3,16)17)11-4-6-12(18-2)7-5-11/h4-7,13-14H,8-10H2,1-3H3. The van der Waals surface area contributed by atoms with Crippen molar-refractivity contribution in [3.8, 4) is 5.75 Å². The highest BCUT2D eigenvalue weighted by Gasteiger charge is 2.14. The van der Waals surface area contributed by atoms with Crippen LogP contribution in [0.25, 0.3) is 0 Å². The van der Waals surface area contributed by atoms with E-state index in [-0.39, 0.29) is 17.5 Å². The average molecular weight is 319 g/mol. The van der Waals surface area contributed by atoms with Gasteiger partial charge in [-0.3, -0.25) is 4.21 Å². The maximum atomic E-state index is 11.9. The first-order chi connectivity index (χ1) is 9.35. The molecule has 7 heteroatoms. The molecule has 0 aliphatic carbocycles. The Morgan fingerprint density at radius 1 is 1.30 bits per heavy atom. The van der Waals surface area contributed by atoms with Crippen LogP contribution in [0.2, 0.25) is 0 Å². The molecule has 114 valence electrons. The van der Waals surface area contributed by atoms with E-state index in [0.29, 0.717) is 5.75 Å². The van der Waals surface area contributed by atoms with Gasteiger partial charge in [0.2, 0.25) is 0 Å². The lowest BCUT2D eigenvalue weighted by Gasteiger charge is -2.16. The average Bonchev–Trinajstić information content (AvgIpc) is 2.42. The van der Waals surface area contributed by atoms with Gasteiger partial charge < -0.3 is 10.1 Å². The molecule has 0 heterocycles. The Bertz CT molecular complexity index is 540. The Morgan fingerprint density at radius 3 is 2.35 bits per heavy atom. The van der Waals surface area contributed by atoms with Gasteiger partial charge >= 0.3 is 0 Å². The summed E-state index contributed by atoms with van der Waals surface area (Å²) >= 11 is 0. The first-order valence-corrected chi connectivity index (χ1v) is 9.74. The lowest BCUT2D eigenvalue weighted by Crippen LogP contribution is -2.25. The van der Waals surface area contributed by atoms with Crippen molar-refractivity contribution in [1.29, 1.82) is 0 Å². The predicted octanol–water partition coefficient (Wildman–Crippen LogP) is 0.749. The van der Waals surface area contributed by atoms with Crippen molar-refractivity contribution in [1.82, 2.24) is 5.32 Å². The zero-order valence-corrected chi connectivity index (χ0v) is 13.6. The van der Waals surface area contributed by atoms with Crippen molar-refractivity contribution < 1.29 is 17.4 Å². The molecule has 2 atom stereocenters. The van der Waals surface area contributed by atoms with Gasteiger partial charge in [0.05, 0.1) is 12.9 Å². The fraction of sp³-hybridized carbons (Fsp3) is 0.538. The van der Waals surface area contributed by atoms with E-state index >= 15 is 0 Å². The fourth-order valence-electron chi connectivity index (χ4n) is 1.70. The highest BCUT2D eigenvalue weighted by molar-refractivity contribution is 7.92. The van der Waals surface area contributed by atoms with E-state index in [9.17, 15) is 12.6 Å². The summed E-state index contributed by atoms with van der Waals surface area (Å²) in [5.74, 6) is 1.28. The van der Waals surface area contributed by atoms with Crippen LogP contribution in [0.15, 0.2) is 24.3 Å². The third kappa shape index (κ3) is 6.02. The van der Waals surface area contributed by atoms with Crippen molar-refractivity contribution in [3.63, 3.8) is 0 Å². The summed E-state index contributed by atoms with van der Waals surface area (Å²) in [6.45, 7) is 0. The van der Waals surface area contributed by atoms with Crippen molar-refractivity contribution in [2.24, 2.45) is 0 Å². The van der Waals surface area contributed by atoms with E-state index in [1.807, 2.05) is 24.3 Å². The molecular weight excluding hydrogens is 298 g/mol. The molecule has 0 saturated heterocycles. The summed E-state index contributed by atoms with van der Waals surface area (Å²) < 4.78 is 39.2. The molecule has 2 unspecified atom stereocenters. The molecule has 0 bridgehead atoms. The topological polar surface area (TPSA) is 72.5 Å². The van der Waals surface area contributed by atoms with E-state index in [2.05, 4.69) is 5.32 Å². The van der Waals surface area contributed by atoms with Crippen LogP contribution in [-0.2, 0) is 20.6 Å². The van der Waals surface area contributed by atoms with E-state index in [0.717, 1.165) is 17.6 Å². The van der Waals surface area contributed by atoms with E-state index < -0.39 is 20.6 Å². The van der Waals surface area contributed by atoms with Crippen LogP contribution in [0.5, 0.6) is 5.75 Å². The van der Waals surface area contributed by atoms with E-state index in [1.54, 1.807) is 14.2 Å². The minimum atomic E-state index is -3.07. The Balaban J connectivity index is 2.64. The summed E-state index contributed by atoms with van der Waals surface area (Å²) in [7, 11) is -0.846. The molecule has 0 aliphatic heterocycles. The van der Waals surface area contributed by atoms with Crippen LogP contribution in [0, 0.1) is 0 Å². The molecular formula is C13H21NO4S2. The molecule has 0 spiro atoms. The first-order valence-electron chi connectivity index (χ1n) is 6.19. The molecule has 20 heavy (non-hydrogen) atoms. The van der Waals surface area contributed by atoms with Crippen LogP contribution in [-0.4, -0.2) is 50.3 Å². The number of rotatable bonds is 8. The lowest BCUT2D eigenvalue weighted by molar-refractivity contribution is 0.414. The number of sulfone groups is 1. The zero-order chi connectivity index (χ0) is 15.2. The van der Waals surface area contributed by atoms with Crippen molar-refractivity contribution in [2.45, 2.75) is 6.04 Å². The van der Waals surface area contributed by atoms with Crippen LogP contribution < -0.4 is 10.1 Å². The molecule has 0 fully saturated rings. The maximum Gasteiger partial charge on any atom is 0.148 e. The van der Waals surface area contributed by atoms with Gasteiger partial charge in [-0.25, -0.2) is 8.42 Å². The minimum absolute atomic E-state index is 0.0430.